The molecule has 1 heterocycles. The van der Waals surface area contributed by atoms with Gasteiger partial charge < -0.3 is 9.69 Å². The summed E-state index contributed by atoms with van der Waals surface area (Å²) in [6.07, 6.45) is 5.72. The highest BCUT2D eigenvalue weighted by atomic mass is 35.5. The van der Waals surface area contributed by atoms with Gasteiger partial charge in [0.1, 0.15) is 6.29 Å². The Labute approximate surface area is 124 Å². The Balaban J connectivity index is 1.95. The van der Waals surface area contributed by atoms with E-state index in [0.29, 0.717) is 5.92 Å². The number of rotatable bonds is 5. The fourth-order valence-corrected chi connectivity index (χ4v) is 4.45. The molecule has 0 N–H and O–H groups in total. The molecular weight excluding hydrogens is 278 g/mol. The SMILES string of the molecule is CC1CCCC(C=O)(CN(C)Cc2ccc(Cl)s2)C1. The molecule has 0 aromatic carbocycles. The molecule has 0 radical (unpaired) electrons. The van der Waals surface area contributed by atoms with Gasteiger partial charge in [0.2, 0.25) is 0 Å². The third-order valence-corrected chi connectivity index (χ3v) is 5.23. The summed E-state index contributed by atoms with van der Waals surface area (Å²) in [7, 11) is 2.10. The van der Waals surface area contributed by atoms with Crippen LogP contribution in [-0.2, 0) is 11.3 Å². The lowest BCUT2D eigenvalue weighted by Gasteiger charge is -2.38. The molecule has 1 fully saturated rings. The lowest BCUT2D eigenvalue weighted by atomic mass is 9.71. The maximum Gasteiger partial charge on any atom is 0.127 e. The average Bonchev–Trinajstić information content (AvgIpc) is 2.74. The Morgan fingerprint density at radius 2 is 2.37 bits per heavy atom. The number of halogens is 1. The molecule has 0 aliphatic heterocycles. The van der Waals surface area contributed by atoms with Crippen LogP contribution >= 0.6 is 22.9 Å². The van der Waals surface area contributed by atoms with Gasteiger partial charge in [-0.15, -0.1) is 11.3 Å². The van der Waals surface area contributed by atoms with Crippen molar-refractivity contribution in [3.63, 3.8) is 0 Å². The normalized spacial score (nSPS) is 27.7. The molecule has 1 aliphatic carbocycles. The van der Waals surface area contributed by atoms with Crippen molar-refractivity contribution in [3.8, 4) is 0 Å². The summed E-state index contributed by atoms with van der Waals surface area (Å²) < 4.78 is 0.833. The smallest absolute Gasteiger partial charge is 0.127 e. The van der Waals surface area contributed by atoms with Crippen LogP contribution in [0.2, 0.25) is 4.34 Å². The number of hydrogen-bond donors (Lipinski definition) is 0. The van der Waals surface area contributed by atoms with Crippen molar-refractivity contribution in [1.82, 2.24) is 4.90 Å². The fourth-order valence-electron chi connectivity index (χ4n) is 3.28. The number of nitrogens with zero attached hydrogens (tertiary/aromatic N) is 1. The molecule has 1 aromatic heterocycles. The third-order valence-electron chi connectivity index (χ3n) is 4.02. The molecule has 0 spiro atoms. The van der Waals surface area contributed by atoms with Gasteiger partial charge in [-0.05, 0) is 37.9 Å². The zero-order chi connectivity index (χ0) is 13.9. The summed E-state index contributed by atoms with van der Waals surface area (Å²) in [5, 5.41) is 0. The van der Waals surface area contributed by atoms with Gasteiger partial charge in [-0.1, -0.05) is 31.4 Å². The molecule has 0 bridgehead atoms. The summed E-state index contributed by atoms with van der Waals surface area (Å²) in [5.74, 6) is 0.670. The Morgan fingerprint density at radius 3 is 2.95 bits per heavy atom. The van der Waals surface area contributed by atoms with Crippen LogP contribution in [0.1, 0.15) is 37.5 Å². The van der Waals surface area contributed by atoms with Crippen molar-refractivity contribution in [2.24, 2.45) is 11.3 Å². The topological polar surface area (TPSA) is 20.3 Å². The molecular formula is C15H22ClNOS. The van der Waals surface area contributed by atoms with E-state index in [2.05, 4.69) is 24.9 Å². The molecule has 19 heavy (non-hydrogen) atoms. The summed E-state index contributed by atoms with van der Waals surface area (Å²) in [5.41, 5.74) is -0.131. The predicted molar refractivity (Wildman–Crippen MR) is 81.8 cm³/mol. The van der Waals surface area contributed by atoms with Gasteiger partial charge in [0.15, 0.2) is 0 Å². The van der Waals surface area contributed by atoms with Crippen LogP contribution in [0.3, 0.4) is 0 Å². The number of thiophene rings is 1. The Morgan fingerprint density at radius 1 is 1.58 bits per heavy atom. The standard InChI is InChI=1S/C15H22ClNOS/c1-12-4-3-7-15(8-12,11-18)10-17(2)9-13-5-6-14(16)19-13/h5-6,11-12H,3-4,7-10H2,1-2H3. The first-order valence-electron chi connectivity index (χ1n) is 6.92. The van der Waals surface area contributed by atoms with Gasteiger partial charge in [-0.2, -0.15) is 0 Å². The van der Waals surface area contributed by atoms with E-state index in [1.807, 2.05) is 6.07 Å². The Kier molecular flexibility index (Phi) is 5.04. The zero-order valence-corrected chi connectivity index (χ0v) is 13.3. The fraction of sp³-hybridized carbons (Fsp3) is 0.667. The minimum absolute atomic E-state index is 0.131. The molecule has 2 nitrogen and oxygen atoms in total. The van der Waals surface area contributed by atoms with Gasteiger partial charge in [-0.3, -0.25) is 0 Å². The maximum atomic E-state index is 11.6. The van der Waals surface area contributed by atoms with E-state index in [4.69, 9.17) is 11.6 Å². The van der Waals surface area contributed by atoms with Gasteiger partial charge in [-0.25, -0.2) is 0 Å². The van der Waals surface area contributed by atoms with E-state index in [1.165, 1.54) is 24.0 Å². The van der Waals surface area contributed by atoms with E-state index in [0.717, 1.165) is 30.3 Å². The predicted octanol–water partition coefficient (Wildman–Crippen LogP) is 4.23. The highest BCUT2D eigenvalue weighted by Gasteiger charge is 2.35. The van der Waals surface area contributed by atoms with E-state index in [-0.39, 0.29) is 5.41 Å². The number of aldehydes is 1. The van der Waals surface area contributed by atoms with E-state index < -0.39 is 0 Å². The molecule has 0 saturated heterocycles. The van der Waals surface area contributed by atoms with E-state index >= 15 is 0 Å². The van der Waals surface area contributed by atoms with Crippen molar-refractivity contribution >= 4 is 29.2 Å². The van der Waals surface area contributed by atoms with Crippen LogP contribution in [0.15, 0.2) is 12.1 Å². The second-order valence-corrected chi connectivity index (χ2v) is 7.86. The number of carbonyl (C=O) groups is 1. The largest absolute Gasteiger partial charge is 0.303 e. The Bertz CT molecular complexity index is 434. The molecule has 2 rings (SSSR count). The van der Waals surface area contributed by atoms with Crippen molar-refractivity contribution in [1.29, 1.82) is 0 Å². The first kappa shape index (κ1) is 15.0. The number of carbonyl (C=O) groups excluding carboxylic acids is 1. The number of hydrogen-bond acceptors (Lipinski definition) is 3. The summed E-state index contributed by atoms with van der Waals surface area (Å²) in [6, 6.07) is 4.01. The van der Waals surface area contributed by atoms with Crippen LogP contribution in [0.5, 0.6) is 0 Å². The van der Waals surface area contributed by atoms with Crippen LogP contribution < -0.4 is 0 Å². The van der Waals surface area contributed by atoms with Crippen molar-refractivity contribution in [3.05, 3.63) is 21.3 Å². The molecule has 4 heteroatoms. The lowest BCUT2D eigenvalue weighted by molar-refractivity contribution is -0.119. The van der Waals surface area contributed by atoms with Crippen LogP contribution in [0.4, 0.5) is 0 Å². The van der Waals surface area contributed by atoms with Crippen LogP contribution in [0.25, 0.3) is 0 Å². The highest BCUT2D eigenvalue weighted by Crippen LogP contribution is 2.38. The van der Waals surface area contributed by atoms with Crippen LogP contribution in [-0.4, -0.2) is 24.8 Å². The Hall–Kier alpha value is -0.380. The first-order chi connectivity index (χ1) is 9.03. The highest BCUT2D eigenvalue weighted by molar-refractivity contribution is 7.16. The summed E-state index contributed by atoms with van der Waals surface area (Å²) >= 11 is 7.57. The second-order valence-electron chi connectivity index (χ2n) is 6.06. The summed E-state index contributed by atoms with van der Waals surface area (Å²) in [6.45, 7) is 3.99. The second kappa shape index (κ2) is 6.38. The lowest BCUT2D eigenvalue weighted by Crippen LogP contribution is -2.40. The van der Waals surface area contributed by atoms with Crippen LogP contribution in [0, 0.1) is 11.3 Å². The van der Waals surface area contributed by atoms with Crippen molar-refractivity contribution in [2.75, 3.05) is 13.6 Å². The van der Waals surface area contributed by atoms with E-state index in [1.54, 1.807) is 11.3 Å². The maximum absolute atomic E-state index is 11.6. The minimum atomic E-state index is -0.131. The average molecular weight is 300 g/mol. The molecule has 2 unspecified atom stereocenters. The zero-order valence-electron chi connectivity index (χ0n) is 11.7. The molecule has 2 atom stereocenters. The molecule has 1 aliphatic rings. The van der Waals surface area contributed by atoms with Gasteiger partial charge >= 0.3 is 0 Å². The third kappa shape index (κ3) is 4.04. The van der Waals surface area contributed by atoms with Gasteiger partial charge in [0, 0.05) is 23.4 Å². The van der Waals surface area contributed by atoms with Crippen molar-refractivity contribution < 1.29 is 4.79 Å². The monoisotopic (exact) mass is 299 g/mol. The first-order valence-corrected chi connectivity index (χ1v) is 8.11. The van der Waals surface area contributed by atoms with E-state index in [9.17, 15) is 4.79 Å². The van der Waals surface area contributed by atoms with Crippen molar-refractivity contribution in [2.45, 2.75) is 39.2 Å². The van der Waals surface area contributed by atoms with Gasteiger partial charge in [0.25, 0.3) is 0 Å². The minimum Gasteiger partial charge on any atom is -0.303 e. The van der Waals surface area contributed by atoms with Gasteiger partial charge in [0.05, 0.1) is 4.34 Å². The molecule has 1 saturated carbocycles. The molecule has 0 amide bonds. The quantitative estimate of drug-likeness (QED) is 0.758. The summed E-state index contributed by atoms with van der Waals surface area (Å²) in [4.78, 5) is 15.1. The molecule has 106 valence electrons. The molecule has 1 aromatic rings.